The summed E-state index contributed by atoms with van der Waals surface area (Å²) < 4.78 is 0. The maximum absolute atomic E-state index is 9.50. The molecule has 0 saturated carbocycles. The Bertz CT molecular complexity index is 640. The minimum Gasteiger partial charge on any atom is -0.398 e. The fourth-order valence-electron chi connectivity index (χ4n) is 2.75. The van der Waals surface area contributed by atoms with Crippen LogP contribution < -0.4 is 10.6 Å². The van der Waals surface area contributed by atoms with Gasteiger partial charge >= 0.3 is 0 Å². The predicted molar refractivity (Wildman–Crippen MR) is 79.0 cm³/mol. The number of benzene rings is 2. The van der Waals surface area contributed by atoms with E-state index in [4.69, 9.17) is 5.73 Å². The largest absolute Gasteiger partial charge is 0.398 e. The van der Waals surface area contributed by atoms with Gasteiger partial charge in [0.05, 0.1) is 13.2 Å². The maximum Gasteiger partial charge on any atom is 0.0702 e. The Morgan fingerprint density at radius 2 is 1.90 bits per heavy atom. The molecule has 0 bridgehead atoms. The lowest BCUT2D eigenvalue weighted by Gasteiger charge is -2.21. The van der Waals surface area contributed by atoms with Gasteiger partial charge in [0.2, 0.25) is 0 Å². The molecule has 104 valence electrons. The molecule has 0 aliphatic carbocycles. The van der Waals surface area contributed by atoms with Crippen LogP contribution in [0.25, 0.3) is 0 Å². The topological polar surface area (TPSA) is 69.7 Å². The van der Waals surface area contributed by atoms with Gasteiger partial charge in [0.15, 0.2) is 0 Å². The van der Waals surface area contributed by atoms with E-state index in [1.54, 1.807) is 0 Å². The highest BCUT2D eigenvalue weighted by atomic mass is 16.3. The molecule has 0 atom stereocenters. The van der Waals surface area contributed by atoms with Crippen molar-refractivity contribution in [1.29, 1.82) is 0 Å². The Labute approximate surface area is 118 Å². The van der Waals surface area contributed by atoms with Crippen molar-refractivity contribution in [3.05, 3.63) is 58.7 Å². The average molecular weight is 270 g/mol. The van der Waals surface area contributed by atoms with E-state index in [1.807, 2.05) is 30.3 Å². The van der Waals surface area contributed by atoms with E-state index in [-0.39, 0.29) is 13.2 Å². The van der Waals surface area contributed by atoms with Gasteiger partial charge in [0.1, 0.15) is 0 Å². The van der Waals surface area contributed by atoms with Gasteiger partial charge in [0.25, 0.3) is 0 Å². The zero-order chi connectivity index (χ0) is 14.1. The Morgan fingerprint density at radius 3 is 2.60 bits per heavy atom. The standard InChI is InChI=1S/C16H18N2O2/c17-15-3-1-2-12-7-18(8-14(12)15)16-6-11(9-19)4-5-13(16)10-20/h1-6,19-20H,7-10,17H2. The summed E-state index contributed by atoms with van der Waals surface area (Å²) in [7, 11) is 0. The number of nitrogens with two attached hydrogens (primary N) is 1. The van der Waals surface area contributed by atoms with E-state index in [1.165, 1.54) is 5.56 Å². The first-order valence-electron chi connectivity index (χ1n) is 6.67. The van der Waals surface area contributed by atoms with Crippen LogP contribution in [0.3, 0.4) is 0 Å². The van der Waals surface area contributed by atoms with Crippen molar-refractivity contribution in [1.82, 2.24) is 0 Å². The van der Waals surface area contributed by atoms with Crippen LogP contribution in [0.5, 0.6) is 0 Å². The normalized spacial score (nSPS) is 13.6. The van der Waals surface area contributed by atoms with Gasteiger partial charge in [0, 0.05) is 30.0 Å². The number of nitrogen functional groups attached to an aromatic ring is 1. The maximum atomic E-state index is 9.50. The molecule has 0 unspecified atom stereocenters. The summed E-state index contributed by atoms with van der Waals surface area (Å²) in [5.74, 6) is 0. The number of hydrogen-bond donors (Lipinski definition) is 3. The quantitative estimate of drug-likeness (QED) is 0.744. The fourth-order valence-corrected chi connectivity index (χ4v) is 2.75. The molecule has 4 N–H and O–H groups in total. The minimum atomic E-state index is -0.0105. The van der Waals surface area contributed by atoms with Crippen molar-refractivity contribution < 1.29 is 10.2 Å². The number of aliphatic hydroxyl groups is 2. The monoisotopic (exact) mass is 270 g/mol. The Morgan fingerprint density at radius 1 is 1.05 bits per heavy atom. The lowest BCUT2D eigenvalue weighted by molar-refractivity contribution is 0.278. The van der Waals surface area contributed by atoms with Gasteiger partial charge in [-0.3, -0.25) is 0 Å². The molecule has 0 spiro atoms. The van der Waals surface area contributed by atoms with Crippen molar-refractivity contribution >= 4 is 11.4 Å². The zero-order valence-corrected chi connectivity index (χ0v) is 11.2. The molecule has 0 radical (unpaired) electrons. The Kier molecular flexibility index (Phi) is 3.34. The lowest BCUT2D eigenvalue weighted by Crippen LogP contribution is -2.17. The van der Waals surface area contributed by atoms with Crippen molar-refractivity contribution in [3.63, 3.8) is 0 Å². The number of nitrogens with zero attached hydrogens (tertiary/aromatic N) is 1. The molecule has 0 amide bonds. The SMILES string of the molecule is Nc1cccc2c1CN(c1cc(CO)ccc1CO)C2. The van der Waals surface area contributed by atoms with Crippen LogP contribution in [0, 0.1) is 0 Å². The zero-order valence-electron chi connectivity index (χ0n) is 11.2. The molecule has 1 heterocycles. The highest BCUT2D eigenvalue weighted by Gasteiger charge is 2.22. The molecule has 20 heavy (non-hydrogen) atoms. The third-order valence-electron chi connectivity index (χ3n) is 3.86. The van der Waals surface area contributed by atoms with Crippen LogP contribution in [0.1, 0.15) is 22.3 Å². The molecule has 1 aliphatic heterocycles. The van der Waals surface area contributed by atoms with E-state index in [2.05, 4.69) is 11.0 Å². The van der Waals surface area contributed by atoms with E-state index >= 15 is 0 Å². The highest BCUT2D eigenvalue weighted by molar-refractivity contribution is 5.62. The summed E-state index contributed by atoms with van der Waals surface area (Å²) in [5, 5.41) is 18.8. The first kappa shape index (κ1) is 13.0. The van der Waals surface area contributed by atoms with E-state index in [0.29, 0.717) is 0 Å². The van der Waals surface area contributed by atoms with E-state index in [0.717, 1.165) is 41.2 Å². The summed E-state index contributed by atoms with van der Waals surface area (Å²) in [6.45, 7) is 1.51. The second-order valence-corrected chi connectivity index (χ2v) is 5.12. The molecule has 3 rings (SSSR count). The second-order valence-electron chi connectivity index (χ2n) is 5.12. The molecule has 0 fully saturated rings. The third kappa shape index (κ3) is 2.13. The van der Waals surface area contributed by atoms with Crippen molar-refractivity contribution in [2.45, 2.75) is 26.3 Å². The van der Waals surface area contributed by atoms with Gasteiger partial charge < -0.3 is 20.8 Å². The Balaban J connectivity index is 1.98. The summed E-state index contributed by atoms with van der Waals surface area (Å²) >= 11 is 0. The summed E-state index contributed by atoms with van der Waals surface area (Å²) in [4.78, 5) is 2.19. The summed E-state index contributed by atoms with van der Waals surface area (Å²) in [5.41, 5.74) is 11.9. The van der Waals surface area contributed by atoms with Gasteiger partial charge in [-0.1, -0.05) is 24.3 Å². The van der Waals surface area contributed by atoms with Crippen molar-refractivity contribution in [2.24, 2.45) is 0 Å². The lowest BCUT2D eigenvalue weighted by atomic mass is 10.1. The molecule has 0 aromatic heterocycles. The molecule has 4 nitrogen and oxygen atoms in total. The Hall–Kier alpha value is -2.04. The van der Waals surface area contributed by atoms with Crippen LogP contribution >= 0.6 is 0 Å². The van der Waals surface area contributed by atoms with E-state index < -0.39 is 0 Å². The smallest absolute Gasteiger partial charge is 0.0702 e. The molecule has 0 saturated heterocycles. The number of rotatable bonds is 3. The first-order valence-corrected chi connectivity index (χ1v) is 6.67. The van der Waals surface area contributed by atoms with Crippen LogP contribution in [0.2, 0.25) is 0 Å². The predicted octanol–water partition coefficient (Wildman–Crippen LogP) is 1.77. The van der Waals surface area contributed by atoms with Gasteiger partial charge in [-0.2, -0.15) is 0 Å². The van der Waals surface area contributed by atoms with Crippen LogP contribution in [-0.2, 0) is 26.3 Å². The first-order chi connectivity index (χ1) is 9.72. The van der Waals surface area contributed by atoms with Crippen LogP contribution in [0.15, 0.2) is 36.4 Å². The number of fused-ring (bicyclic) bond motifs is 1. The molecule has 4 heteroatoms. The molecule has 2 aromatic rings. The number of hydrogen-bond acceptors (Lipinski definition) is 4. The minimum absolute atomic E-state index is 0.00162. The van der Waals surface area contributed by atoms with Crippen molar-refractivity contribution in [2.75, 3.05) is 10.6 Å². The van der Waals surface area contributed by atoms with E-state index in [9.17, 15) is 10.2 Å². The van der Waals surface area contributed by atoms with Gasteiger partial charge in [-0.25, -0.2) is 0 Å². The summed E-state index contributed by atoms with van der Waals surface area (Å²) in [6.07, 6.45) is 0. The average Bonchev–Trinajstić information content (AvgIpc) is 2.92. The molecular formula is C16H18N2O2. The molecule has 2 aromatic carbocycles. The molecular weight excluding hydrogens is 252 g/mol. The number of anilines is 2. The van der Waals surface area contributed by atoms with Crippen molar-refractivity contribution in [3.8, 4) is 0 Å². The highest BCUT2D eigenvalue weighted by Crippen LogP contribution is 2.33. The second kappa shape index (κ2) is 5.15. The summed E-state index contributed by atoms with van der Waals surface area (Å²) in [6, 6.07) is 11.6. The van der Waals surface area contributed by atoms with Crippen LogP contribution in [-0.4, -0.2) is 10.2 Å². The van der Waals surface area contributed by atoms with Gasteiger partial charge in [-0.15, -0.1) is 0 Å². The fraction of sp³-hybridized carbons (Fsp3) is 0.250. The van der Waals surface area contributed by atoms with Crippen LogP contribution in [0.4, 0.5) is 11.4 Å². The number of aliphatic hydroxyl groups excluding tert-OH is 2. The van der Waals surface area contributed by atoms with Gasteiger partial charge in [-0.05, 0) is 28.8 Å². The third-order valence-corrected chi connectivity index (χ3v) is 3.86. The molecule has 1 aliphatic rings.